The number of amides is 1. The molecule has 0 bridgehead atoms. The molecule has 20 heavy (non-hydrogen) atoms. The summed E-state index contributed by atoms with van der Waals surface area (Å²) in [5, 5.41) is 3.42. The molecule has 0 spiro atoms. The van der Waals surface area contributed by atoms with Gasteiger partial charge in [0.15, 0.2) is 0 Å². The van der Waals surface area contributed by atoms with Crippen LogP contribution in [0.5, 0.6) is 0 Å². The van der Waals surface area contributed by atoms with E-state index in [1.165, 1.54) is 4.90 Å². The third kappa shape index (κ3) is 3.05. The molecule has 1 amide bonds. The highest BCUT2D eigenvalue weighted by Crippen LogP contribution is 2.35. The molecule has 1 aliphatic heterocycles. The fourth-order valence-electron chi connectivity index (χ4n) is 1.92. The molecule has 2 rings (SSSR count). The fourth-order valence-corrected chi connectivity index (χ4v) is 1.92. The second-order valence-corrected chi connectivity index (χ2v) is 5.59. The molecule has 1 aromatic heterocycles. The molecular weight excluding hydrogens is 277 g/mol. The minimum atomic E-state index is -4.61. The van der Waals surface area contributed by atoms with Crippen molar-refractivity contribution in [3.05, 3.63) is 17.0 Å². The van der Waals surface area contributed by atoms with Crippen LogP contribution in [-0.2, 0) is 23.9 Å². The topological polar surface area (TPSA) is 55.6 Å². The van der Waals surface area contributed by atoms with Gasteiger partial charge in [-0.2, -0.15) is 13.2 Å². The summed E-state index contributed by atoms with van der Waals surface area (Å²) in [4.78, 5) is 13.1. The largest absolute Gasteiger partial charge is 0.452 e. The predicted octanol–water partition coefficient (Wildman–Crippen LogP) is 2.99. The molecule has 112 valence electrons. The number of fused-ring (bicyclic) bond motifs is 1. The lowest BCUT2D eigenvalue weighted by molar-refractivity contribution is -0.156. The van der Waals surface area contributed by atoms with Gasteiger partial charge >= 0.3 is 12.3 Å². The van der Waals surface area contributed by atoms with Crippen molar-refractivity contribution in [3.8, 4) is 0 Å². The van der Waals surface area contributed by atoms with Crippen molar-refractivity contribution < 1.29 is 27.2 Å². The number of halogens is 3. The van der Waals surface area contributed by atoms with E-state index < -0.39 is 23.6 Å². The van der Waals surface area contributed by atoms with E-state index in [0.29, 0.717) is 0 Å². The number of hydrogen-bond acceptors (Lipinski definition) is 4. The highest BCUT2D eigenvalue weighted by atomic mass is 19.4. The van der Waals surface area contributed by atoms with Gasteiger partial charge in [-0.15, -0.1) is 0 Å². The van der Waals surface area contributed by atoms with Crippen LogP contribution in [0.25, 0.3) is 0 Å². The maximum Gasteiger partial charge on any atom is 0.452 e. The average Bonchev–Trinajstić information content (AvgIpc) is 2.68. The van der Waals surface area contributed by atoms with E-state index in [2.05, 4.69) is 9.68 Å². The Hall–Kier alpha value is -1.73. The first-order chi connectivity index (χ1) is 9.08. The average molecular weight is 292 g/mol. The zero-order chi connectivity index (χ0) is 15.1. The Labute approximate surface area is 113 Å². The third-order valence-corrected chi connectivity index (χ3v) is 2.75. The molecule has 5 nitrogen and oxygen atoms in total. The Balaban J connectivity index is 2.18. The van der Waals surface area contributed by atoms with E-state index in [0.717, 1.165) is 0 Å². The molecular formula is C12H15F3N2O3. The summed E-state index contributed by atoms with van der Waals surface area (Å²) in [5.41, 5.74) is -0.537. The summed E-state index contributed by atoms with van der Waals surface area (Å²) in [7, 11) is 0. The Morgan fingerprint density at radius 1 is 1.35 bits per heavy atom. The summed E-state index contributed by atoms with van der Waals surface area (Å²) in [6.07, 6.45) is -5.04. The van der Waals surface area contributed by atoms with Crippen molar-refractivity contribution >= 4 is 6.09 Å². The van der Waals surface area contributed by atoms with Crippen LogP contribution in [-0.4, -0.2) is 28.3 Å². The van der Waals surface area contributed by atoms with Crippen molar-refractivity contribution in [2.75, 3.05) is 6.54 Å². The van der Waals surface area contributed by atoms with E-state index in [1.54, 1.807) is 20.8 Å². The summed E-state index contributed by atoms with van der Waals surface area (Å²) < 4.78 is 47.7. The van der Waals surface area contributed by atoms with Gasteiger partial charge in [0, 0.05) is 18.5 Å². The lowest BCUT2D eigenvalue weighted by Gasteiger charge is -2.29. The molecule has 0 aromatic carbocycles. The van der Waals surface area contributed by atoms with E-state index in [-0.39, 0.29) is 30.8 Å². The van der Waals surface area contributed by atoms with Gasteiger partial charge in [-0.3, -0.25) is 0 Å². The lowest BCUT2D eigenvalue weighted by Crippen LogP contribution is -2.40. The first-order valence-corrected chi connectivity index (χ1v) is 6.10. The van der Waals surface area contributed by atoms with Gasteiger partial charge in [0.2, 0.25) is 5.76 Å². The Morgan fingerprint density at radius 2 is 2.00 bits per heavy atom. The van der Waals surface area contributed by atoms with Crippen molar-refractivity contribution in [1.29, 1.82) is 0 Å². The van der Waals surface area contributed by atoms with Crippen LogP contribution >= 0.6 is 0 Å². The molecule has 0 atom stereocenters. The maximum absolute atomic E-state index is 12.7. The molecule has 0 radical (unpaired) electrons. The van der Waals surface area contributed by atoms with Crippen LogP contribution in [0.3, 0.4) is 0 Å². The number of nitrogens with zero attached hydrogens (tertiary/aromatic N) is 2. The van der Waals surface area contributed by atoms with Crippen molar-refractivity contribution in [2.24, 2.45) is 0 Å². The van der Waals surface area contributed by atoms with Gasteiger partial charge in [-0.05, 0) is 20.8 Å². The molecule has 0 saturated heterocycles. The predicted molar refractivity (Wildman–Crippen MR) is 61.9 cm³/mol. The molecule has 1 aromatic rings. The number of alkyl halides is 3. The standard InChI is InChI=1S/C12H15F3N2O3/c1-11(2,3)19-10(18)17-5-4-8-7(6-17)9(20-16-8)12(13,14)15/h4-6H2,1-3H3. The summed E-state index contributed by atoms with van der Waals surface area (Å²) in [5.74, 6) is -1.14. The SMILES string of the molecule is CC(C)(C)OC(=O)N1CCc2noc(C(F)(F)F)c2C1. The summed E-state index contributed by atoms with van der Waals surface area (Å²) in [6.45, 7) is 5.14. The second kappa shape index (κ2) is 4.68. The number of ether oxygens (including phenoxy) is 1. The van der Waals surface area contributed by atoms with E-state index in [4.69, 9.17) is 4.74 Å². The summed E-state index contributed by atoms with van der Waals surface area (Å²) >= 11 is 0. The highest BCUT2D eigenvalue weighted by molar-refractivity contribution is 5.68. The molecule has 8 heteroatoms. The van der Waals surface area contributed by atoms with Crippen LogP contribution in [0.1, 0.15) is 37.8 Å². The molecule has 1 aliphatic rings. The van der Waals surface area contributed by atoms with E-state index in [1.807, 2.05) is 0 Å². The van der Waals surface area contributed by atoms with Crippen LogP contribution in [0.15, 0.2) is 4.52 Å². The Kier molecular flexibility index (Phi) is 3.43. The minimum Gasteiger partial charge on any atom is -0.444 e. The highest BCUT2D eigenvalue weighted by Gasteiger charge is 2.42. The number of carbonyl (C=O) groups is 1. The second-order valence-electron chi connectivity index (χ2n) is 5.59. The smallest absolute Gasteiger partial charge is 0.444 e. The maximum atomic E-state index is 12.7. The van der Waals surface area contributed by atoms with Gasteiger partial charge in [-0.25, -0.2) is 4.79 Å². The molecule has 0 unspecified atom stereocenters. The number of carbonyl (C=O) groups excluding carboxylic acids is 1. The fraction of sp³-hybridized carbons (Fsp3) is 0.667. The first kappa shape index (κ1) is 14.7. The van der Waals surface area contributed by atoms with E-state index in [9.17, 15) is 18.0 Å². The van der Waals surface area contributed by atoms with Gasteiger partial charge in [0.1, 0.15) is 5.60 Å². The normalized spacial score (nSPS) is 16.0. The molecule has 0 N–H and O–H groups in total. The first-order valence-electron chi connectivity index (χ1n) is 6.10. The van der Waals surface area contributed by atoms with Crippen molar-refractivity contribution in [2.45, 2.75) is 45.5 Å². The van der Waals surface area contributed by atoms with Crippen molar-refractivity contribution in [3.63, 3.8) is 0 Å². The zero-order valence-corrected chi connectivity index (χ0v) is 11.4. The molecule has 0 fully saturated rings. The van der Waals surface area contributed by atoms with Crippen LogP contribution in [0.2, 0.25) is 0 Å². The lowest BCUT2D eigenvalue weighted by atomic mass is 10.1. The van der Waals surface area contributed by atoms with Gasteiger partial charge in [0.05, 0.1) is 12.2 Å². The third-order valence-electron chi connectivity index (χ3n) is 2.75. The molecule has 0 aliphatic carbocycles. The van der Waals surface area contributed by atoms with E-state index >= 15 is 0 Å². The monoisotopic (exact) mass is 292 g/mol. The van der Waals surface area contributed by atoms with Crippen molar-refractivity contribution in [1.82, 2.24) is 10.1 Å². The zero-order valence-electron chi connectivity index (χ0n) is 11.4. The summed E-state index contributed by atoms with van der Waals surface area (Å²) in [6, 6.07) is 0. The number of hydrogen-bond donors (Lipinski definition) is 0. The van der Waals surface area contributed by atoms with Crippen LogP contribution < -0.4 is 0 Å². The Morgan fingerprint density at radius 3 is 2.55 bits per heavy atom. The molecule has 2 heterocycles. The quantitative estimate of drug-likeness (QED) is 0.737. The minimum absolute atomic E-state index is 0.0883. The number of rotatable bonds is 0. The molecule has 0 saturated carbocycles. The Bertz CT molecular complexity index is 517. The van der Waals surface area contributed by atoms with Gasteiger partial charge in [0.25, 0.3) is 0 Å². The van der Waals surface area contributed by atoms with Gasteiger partial charge < -0.3 is 14.2 Å². The number of aromatic nitrogens is 1. The van der Waals surface area contributed by atoms with Crippen LogP contribution in [0, 0.1) is 0 Å². The van der Waals surface area contributed by atoms with Crippen LogP contribution in [0.4, 0.5) is 18.0 Å². The van der Waals surface area contributed by atoms with Gasteiger partial charge in [-0.1, -0.05) is 5.16 Å².